The van der Waals surface area contributed by atoms with Crippen molar-refractivity contribution in [3.8, 4) is 5.75 Å². The number of carboxylic acid groups (broad SMARTS) is 1. The number of hydrogen-bond donors (Lipinski definition) is 2. The van der Waals surface area contributed by atoms with E-state index < -0.39 is 18.1 Å². The lowest BCUT2D eigenvalue weighted by atomic mass is 10.1. The van der Waals surface area contributed by atoms with E-state index in [-0.39, 0.29) is 5.91 Å². The number of fused-ring (bicyclic) bond motifs is 1. The second-order valence-electron chi connectivity index (χ2n) is 4.69. The molecule has 0 aromatic heterocycles. The van der Waals surface area contributed by atoms with Gasteiger partial charge in [-0.3, -0.25) is 4.79 Å². The molecular formula is C14H18N2O4. The summed E-state index contributed by atoms with van der Waals surface area (Å²) in [6, 6.07) is 6.51. The number of carbonyl (C=O) groups excluding carboxylic acids is 1. The van der Waals surface area contributed by atoms with Crippen LogP contribution in [0.4, 0.5) is 5.69 Å². The van der Waals surface area contributed by atoms with Crippen molar-refractivity contribution in [2.24, 2.45) is 0 Å². The van der Waals surface area contributed by atoms with Crippen LogP contribution in [0.1, 0.15) is 13.3 Å². The third kappa shape index (κ3) is 2.68. The molecule has 1 aliphatic rings. The number of ether oxygens (including phenoxy) is 1. The zero-order valence-electron chi connectivity index (χ0n) is 11.5. The highest BCUT2D eigenvalue weighted by Crippen LogP contribution is 2.28. The quantitative estimate of drug-likeness (QED) is 0.864. The Balaban J connectivity index is 2.10. The number of hydrogen-bond acceptors (Lipinski definition) is 4. The summed E-state index contributed by atoms with van der Waals surface area (Å²) in [5, 5.41) is 12.2. The Kier molecular flexibility index (Phi) is 4.12. The van der Waals surface area contributed by atoms with Gasteiger partial charge in [-0.05, 0) is 18.6 Å². The van der Waals surface area contributed by atoms with Crippen LogP contribution in [-0.4, -0.2) is 47.6 Å². The molecule has 1 aromatic rings. The molecule has 1 heterocycles. The first-order valence-electron chi connectivity index (χ1n) is 6.53. The summed E-state index contributed by atoms with van der Waals surface area (Å²) in [4.78, 5) is 24.7. The number of carbonyl (C=O) groups is 2. The predicted molar refractivity (Wildman–Crippen MR) is 73.8 cm³/mol. The third-order valence-corrected chi connectivity index (χ3v) is 3.40. The summed E-state index contributed by atoms with van der Waals surface area (Å²) in [6.45, 7) is 2.06. The van der Waals surface area contributed by atoms with Crippen LogP contribution in [0.5, 0.6) is 5.75 Å². The fraction of sp³-hybridized carbons (Fsp3) is 0.429. The van der Waals surface area contributed by atoms with Crippen LogP contribution in [0.3, 0.4) is 0 Å². The molecule has 0 aliphatic carbocycles. The molecule has 6 nitrogen and oxygen atoms in total. The molecule has 2 unspecified atom stereocenters. The van der Waals surface area contributed by atoms with Gasteiger partial charge < -0.3 is 20.1 Å². The molecule has 2 N–H and O–H groups in total. The fourth-order valence-electron chi connectivity index (χ4n) is 2.25. The maximum absolute atomic E-state index is 12.3. The molecule has 1 aromatic carbocycles. The molecule has 0 saturated carbocycles. The van der Waals surface area contributed by atoms with Gasteiger partial charge in [0.2, 0.25) is 0 Å². The van der Waals surface area contributed by atoms with Crippen molar-refractivity contribution < 1.29 is 19.4 Å². The smallest absolute Gasteiger partial charge is 0.326 e. The lowest BCUT2D eigenvalue weighted by molar-refractivity contribution is -0.152. The molecule has 0 radical (unpaired) electrons. The number of benzene rings is 1. The van der Waals surface area contributed by atoms with Crippen molar-refractivity contribution in [2.45, 2.75) is 25.5 Å². The van der Waals surface area contributed by atoms with Gasteiger partial charge in [-0.2, -0.15) is 0 Å². The predicted octanol–water partition coefficient (Wildman–Crippen LogP) is 1.18. The lowest BCUT2D eigenvalue weighted by Gasteiger charge is -2.31. The van der Waals surface area contributed by atoms with Crippen LogP contribution in [0.2, 0.25) is 0 Å². The van der Waals surface area contributed by atoms with Gasteiger partial charge in [-0.1, -0.05) is 19.1 Å². The summed E-state index contributed by atoms with van der Waals surface area (Å²) in [5.74, 6) is -0.734. The Hall–Kier alpha value is -2.24. The van der Waals surface area contributed by atoms with Crippen molar-refractivity contribution >= 4 is 17.6 Å². The first-order valence-corrected chi connectivity index (χ1v) is 6.53. The molecule has 0 fully saturated rings. The Labute approximate surface area is 117 Å². The molecule has 1 amide bonds. The maximum atomic E-state index is 12.3. The Morgan fingerprint density at radius 2 is 2.20 bits per heavy atom. The Morgan fingerprint density at radius 1 is 1.50 bits per heavy atom. The van der Waals surface area contributed by atoms with Gasteiger partial charge in [-0.25, -0.2) is 4.79 Å². The van der Waals surface area contributed by atoms with Gasteiger partial charge in [0.05, 0.1) is 12.2 Å². The molecule has 0 saturated heterocycles. The van der Waals surface area contributed by atoms with Crippen molar-refractivity contribution in [1.29, 1.82) is 0 Å². The van der Waals surface area contributed by atoms with Crippen molar-refractivity contribution in [3.63, 3.8) is 0 Å². The van der Waals surface area contributed by atoms with Gasteiger partial charge in [0.25, 0.3) is 5.91 Å². The molecule has 0 bridgehead atoms. The maximum Gasteiger partial charge on any atom is 0.326 e. The fourth-order valence-corrected chi connectivity index (χ4v) is 2.25. The SMILES string of the molecule is CCC(C(=O)O)N(C)C(=O)C1CNc2ccccc2O1. The van der Waals surface area contributed by atoms with Crippen LogP contribution in [0.25, 0.3) is 0 Å². The normalized spacial score (nSPS) is 18.2. The van der Waals surface area contributed by atoms with Crippen LogP contribution < -0.4 is 10.1 Å². The van der Waals surface area contributed by atoms with Crippen LogP contribution in [0.15, 0.2) is 24.3 Å². The number of anilines is 1. The monoisotopic (exact) mass is 278 g/mol. The van der Waals surface area contributed by atoms with Gasteiger partial charge in [0, 0.05) is 7.05 Å². The van der Waals surface area contributed by atoms with E-state index in [9.17, 15) is 9.59 Å². The van der Waals surface area contributed by atoms with E-state index in [4.69, 9.17) is 9.84 Å². The van der Waals surface area contributed by atoms with E-state index in [2.05, 4.69) is 5.32 Å². The highest BCUT2D eigenvalue weighted by Gasteiger charge is 2.33. The van der Waals surface area contributed by atoms with E-state index in [1.54, 1.807) is 13.0 Å². The molecule has 108 valence electrons. The zero-order valence-corrected chi connectivity index (χ0v) is 11.5. The molecule has 2 atom stereocenters. The molecule has 2 rings (SSSR count). The number of nitrogens with zero attached hydrogens (tertiary/aromatic N) is 1. The molecule has 1 aliphatic heterocycles. The first kappa shape index (κ1) is 14.2. The number of aliphatic carboxylic acids is 1. The zero-order chi connectivity index (χ0) is 14.7. The number of amides is 1. The minimum atomic E-state index is -1.01. The van der Waals surface area contributed by atoms with E-state index in [1.165, 1.54) is 11.9 Å². The van der Waals surface area contributed by atoms with Crippen LogP contribution in [0, 0.1) is 0 Å². The summed E-state index contributed by atoms with van der Waals surface area (Å²) < 4.78 is 5.64. The molecule has 6 heteroatoms. The van der Waals surface area contributed by atoms with E-state index in [1.807, 2.05) is 18.2 Å². The molecular weight excluding hydrogens is 260 g/mol. The number of nitrogens with one attached hydrogen (secondary N) is 1. The highest BCUT2D eigenvalue weighted by molar-refractivity contribution is 5.87. The number of carboxylic acids is 1. The van der Waals surface area contributed by atoms with Gasteiger partial charge in [0.1, 0.15) is 11.8 Å². The average molecular weight is 278 g/mol. The van der Waals surface area contributed by atoms with Crippen LogP contribution in [-0.2, 0) is 9.59 Å². The molecule has 20 heavy (non-hydrogen) atoms. The first-order chi connectivity index (χ1) is 9.54. The van der Waals surface area contributed by atoms with Crippen molar-refractivity contribution in [3.05, 3.63) is 24.3 Å². The summed E-state index contributed by atoms with van der Waals surface area (Å²) in [6.07, 6.45) is -0.350. The van der Waals surface area contributed by atoms with Gasteiger partial charge in [-0.15, -0.1) is 0 Å². The standard InChI is InChI=1S/C14H18N2O4/c1-3-10(14(18)19)16(2)13(17)12-8-15-9-6-4-5-7-11(9)20-12/h4-7,10,12,15H,3,8H2,1-2H3,(H,18,19). The minimum Gasteiger partial charge on any atom is -0.480 e. The Bertz CT molecular complexity index is 518. The second-order valence-corrected chi connectivity index (χ2v) is 4.69. The number of rotatable bonds is 4. The largest absolute Gasteiger partial charge is 0.480 e. The van der Waals surface area contributed by atoms with E-state index >= 15 is 0 Å². The number of para-hydroxylation sites is 2. The molecule has 0 spiro atoms. The highest BCUT2D eigenvalue weighted by atomic mass is 16.5. The van der Waals surface area contributed by atoms with Gasteiger partial charge in [0.15, 0.2) is 6.10 Å². The average Bonchev–Trinajstić information content (AvgIpc) is 2.46. The van der Waals surface area contributed by atoms with E-state index in [0.717, 1.165) is 5.69 Å². The number of likely N-dealkylation sites (N-methyl/N-ethyl adjacent to an activating group) is 1. The summed E-state index contributed by atoms with van der Waals surface area (Å²) in [7, 11) is 1.49. The Morgan fingerprint density at radius 3 is 2.85 bits per heavy atom. The summed E-state index contributed by atoms with van der Waals surface area (Å²) >= 11 is 0. The van der Waals surface area contributed by atoms with Crippen LogP contribution >= 0.6 is 0 Å². The van der Waals surface area contributed by atoms with Crippen molar-refractivity contribution in [1.82, 2.24) is 4.90 Å². The van der Waals surface area contributed by atoms with Gasteiger partial charge >= 0.3 is 5.97 Å². The second kappa shape index (κ2) is 5.81. The topological polar surface area (TPSA) is 78.9 Å². The lowest BCUT2D eigenvalue weighted by Crippen LogP contribution is -2.51. The van der Waals surface area contributed by atoms with Crippen molar-refractivity contribution in [2.75, 3.05) is 18.9 Å². The third-order valence-electron chi connectivity index (χ3n) is 3.40. The summed E-state index contributed by atoms with van der Waals surface area (Å²) in [5.41, 5.74) is 0.837. The minimum absolute atomic E-state index is 0.330. The van der Waals surface area contributed by atoms with E-state index in [0.29, 0.717) is 18.7 Å².